The Morgan fingerprint density at radius 2 is 2.31 bits per heavy atom. The molecule has 0 unspecified atom stereocenters. The van der Waals surface area contributed by atoms with Crippen LogP contribution in [-0.4, -0.2) is 18.6 Å². The maximum Gasteiger partial charge on any atom is 0.128 e. The van der Waals surface area contributed by atoms with Crippen molar-refractivity contribution < 1.29 is 0 Å². The highest BCUT2D eigenvalue weighted by Gasteiger charge is 2.00. The second kappa shape index (κ2) is 4.42. The molecule has 0 bridgehead atoms. The highest BCUT2D eigenvalue weighted by Crippen LogP contribution is 2.13. The van der Waals surface area contributed by atoms with E-state index in [-0.39, 0.29) is 0 Å². The van der Waals surface area contributed by atoms with Gasteiger partial charge in [0.2, 0.25) is 0 Å². The number of hydrogen-bond acceptors (Lipinski definition) is 2. The summed E-state index contributed by atoms with van der Waals surface area (Å²) in [6, 6.07) is 3.96. The predicted octanol–water partition coefficient (Wildman–Crippen LogP) is 2.86. The highest BCUT2D eigenvalue weighted by atomic mass is 79.9. The first-order valence-electron chi connectivity index (χ1n) is 4.06. The van der Waals surface area contributed by atoms with Crippen LogP contribution in [0.4, 0.5) is 5.82 Å². The molecule has 1 aromatic heterocycles. The third kappa shape index (κ3) is 3.19. The van der Waals surface area contributed by atoms with E-state index in [1.54, 1.807) is 6.20 Å². The molecule has 0 aliphatic rings. The summed E-state index contributed by atoms with van der Waals surface area (Å²) in [6.45, 7) is 6.71. The van der Waals surface area contributed by atoms with E-state index >= 15 is 0 Å². The van der Waals surface area contributed by atoms with Crippen LogP contribution in [-0.2, 0) is 0 Å². The van der Waals surface area contributed by atoms with Crippen molar-refractivity contribution in [2.45, 2.75) is 6.92 Å². The summed E-state index contributed by atoms with van der Waals surface area (Å²) in [5, 5.41) is 0. The number of rotatable bonds is 3. The molecule has 2 nitrogen and oxygen atoms in total. The number of halogens is 1. The van der Waals surface area contributed by atoms with E-state index in [1.165, 1.54) is 0 Å². The van der Waals surface area contributed by atoms with Crippen LogP contribution in [0, 0.1) is 0 Å². The van der Waals surface area contributed by atoms with Crippen LogP contribution in [0.1, 0.15) is 6.92 Å². The predicted molar refractivity (Wildman–Crippen MR) is 60.0 cm³/mol. The zero-order valence-corrected chi connectivity index (χ0v) is 9.50. The van der Waals surface area contributed by atoms with Crippen LogP contribution >= 0.6 is 15.9 Å². The summed E-state index contributed by atoms with van der Waals surface area (Å²) in [4.78, 5) is 6.33. The monoisotopic (exact) mass is 240 g/mol. The van der Waals surface area contributed by atoms with Crippen LogP contribution in [0.3, 0.4) is 0 Å². The fourth-order valence-corrected chi connectivity index (χ4v) is 1.31. The van der Waals surface area contributed by atoms with Gasteiger partial charge in [-0.25, -0.2) is 4.98 Å². The van der Waals surface area contributed by atoms with Crippen LogP contribution in [0.15, 0.2) is 35.0 Å². The maximum atomic E-state index is 4.27. The molecule has 0 aromatic carbocycles. The molecule has 0 N–H and O–H groups in total. The Balaban J connectivity index is 2.71. The Hall–Kier alpha value is -0.830. The lowest BCUT2D eigenvalue weighted by Gasteiger charge is -2.17. The summed E-state index contributed by atoms with van der Waals surface area (Å²) >= 11 is 3.35. The van der Waals surface area contributed by atoms with Crippen molar-refractivity contribution in [3.05, 3.63) is 35.0 Å². The molecular weight excluding hydrogens is 228 g/mol. The van der Waals surface area contributed by atoms with E-state index < -0.39 is 0 Å². The summed E-state index contributed by atoms with van der Waals surface area (Å²) in [5.41, 5.74) is 1.13. The Bertz CT molecular complexity index is 292. The van der Waals surface area contributed by atoms with Gasteiger partial charge in [-0.1, -0.05) is 12.2 Å². The molecule has 3 heteroatoms. The number of anilines is 1. The molecule has 0 aliphatic heterocycles. The zero-order chi connectivity index (χ0) is 9.84. The summed E-state index contributed by atoms with van der Waals surface area (Å²) in [6.07, 6.45) is 1.80. The van der Waals surface area contributed by atoms with Crippen molar-refractivity contribution in [1.29, 1.82) is 0 Å². The molecule has 0 saturated heterocycles. The van der Waals surface area contributed by atoms with Crippen molar-refractivity contribution in [3.63, 3.8) is 0 Å². The summed E-state index contributed by atoms with van der Waals surface area (Å²) in [5.74, 6) is 0.964. The number of hydrogen-bond donors (Lipinski definition) is 0. The van der Waals surface area contributed by atoms with Gasteiger partial charge in [0.05, 0.1) is 0 Å². The normalized spacial score (nSPS) is 9.77. The van der Waals surface area contributed by atoms with Gasteiger partial charge in [-0.05, 0) is 35.0 Å². The van der Waals surface area contributed by atoms with E-state index in [4.69, 9.17) is 0 Å². The number of nitrogens with zero attached hydrogens (tertiary/aromatic N) is 2. The Labute approximate surface area is 87.4 Å². The van der Waals surface area contributed by atoms with E-state index in [2.05, 4.69) is 32.4 Å². The molecule has 0 fully saturated rings. The second-order valence-corrected chi connectivity index (χ2v) is 4.06. The summed E-state index contributed by atoms with van der Waals surface area (Å²) in [7, 11) is 2.00. The largest absolute Gasteiger partial charge is 0.356 e. The molecule has 70 valence electrons. The van der Waals surface area contributed by atoms with Gasteiger partial charge in [0, 0.05) is 24.3 Å². The van der Waals surface area contributed by atoms with Gasteiger partial charge in [-0.15, -0.1) is 0 Å². The number of pyridine rings is 1. The van der Waals surface area contributed by atoms with Gasteiger partial charge in [-0.2, -0.15) is 0 Å². The van der Waals surface area contributed by atoms with Crippen molar-refractivity contribution >= 4 is 21.7 Å². The molecule has 0 amide bonds. The van der Waals surface area contributed by atoms with Gasteiger partial charge < -0.3 is 4.90 Å². The lowest BCUT2D eigenvalue weighted by atomic mass is 10.3. The topological polar surface area (TPSA) is 16.1 Å². The lowest BCUT2D eigenvalue weighted by Crippen LogP contribution is -2.19. The van der Waals surface area contributed by atoms with E-state index in [1.807, 2.05) is 26.1 Å². The van der Waals surface area contributed by atoms with E-state index in [0.717, 1.165) is 22.4 Å². The Morgan fingerprint density at radius 3 is 2.77 bits per heavy atom. The molecule has 0 atom stereocenters. The first kappa shape index (κ1) is 10.3. The number of aromatic nitrogens is 1. The minimum absolute atomic E-state index is 0.842. The molecule has 0 aliphatic carbocycles. The highest BCUT2D eigenvalue weighted by molar-refractivity contribution is 9.10. The third-order valence-corrected chi connectivity index (χ3v) is 2.08. The molecule has 0 spiro atoms. The van der Waals surface area contributed by atoms with Crippen LogP contribution in [0.5, 0.6) is 0 Å². The Morgan fingerprint density at radius 1 is 1.62 bits per heavy atom. The van der Waals surface area contributed by atoms with E-state index in [0.29, 0.717) is 0 Å². The van der Waals surface area contributed by atoms with Crippen molar-refractivity contribution in [2.24, 2.45) is 0 Å². The van der Waals surface area contributed by atoms with Crippen molar-refractivity contribution in [2.75, 3.05) is 18.5 Å². The van der Waals surface area contributed by atoms with E-state index in [9.17, 15) is 0 Å². The Kier molecular flexibility index (Phi) is 3.48. The first-order chi connectivity index (χ1) is 6.09. The van der Waals surface area contributed by atoms with Crippen LogP contribution < -0.4 is 4.90 Å². The fraction of sp³-hybridized carbons (Fsp3) is 0.300. The SMILES string of the molecule is C=C(C)CN(C)c1ccc(Br)cn1. The minimum Gasteiger partial charge on any atom is -0.356 e. The average molecular weight is 241 g/mol. The van der Waals surface area contributed by atoms with Gasteiger partial charge in [0.15, 0.2) is 0 Å². The lowest BCUT2D eigenvalue weighted by molar-refractivity contribution is 0.953. The zero-order valence-electron chi connectivity index (χ0n) is 7.92. The second-order valence-electron chi connectivity index (χ2n) is 3.15. The van der Waals surface area contributed by atoms with Gasteiger partial charge in [-0.3, -0.25) is 0 Å². The molecule has 1 heterocycles. The van der Waals surface area contributed by atoms with Crippen LogP contribution in [0.25, 0.3) is 0 Å². The quantitative estimate of drug-likeness (QED) is 0.756. The third-order valence-electron chi connectivity index (χ3n) is 1.61. The number of likely N-dealkylation sites (N-methyl/N-ethyl adjacent to an activating group) is 1. The molecule has 1 rings (SSSR count). The molecule has 13 heavy (non-hydrogen) atoms. The maximum absolute atomic E-state index is 4.27. The van der Waals surface area contributed by atoms with Gasteiger partial charge >= 0.3 is 0 Å². The average Bonchev–Trinajstić information content (AvgIpc) is 2.04. The molecule has 1 aromatic rings. The van der Waals surface area contributed by atoms with Gasteiger partial charge in [0.1, 0.15) is 5.82 Å². The standard InChI is InChI=1S/C10H13BrN2/c1-8(2)7-13(3)10-5-4-9(11)6-12-10/h4-6H,1,7H2,2-3H3. The molecule has 0 radical (unpaired) electrons. The van der Waals surface area contributed by atoms with Crippen molar-refractivity contribution in [1.82, 2.24) is 4.98 Å². The first-order valence-corrected chi connectivity index (χ1v) is 4.86. The van der Waals surface area contributed by atoms with Crippen LogP contribution in [0.2, 0.25) is 0 Å². The molecule has 0 saturated carbocycles. The minimum atomic E-state index is 0.842. The van der Waals surface area contributed by atoms with Crippen molar-refractivity contribution in [3.8, 4) is 0 Å². The summed E-state index contributed by atoms with van der Waals surface area (Å²) < 4.78 is 1.000. The fourth-order valence-electron chi connectivity index (χ4n) is 1.08. The smallest absolute Gasteiger partial charge is 0.128 e. The van der Waals surface area contributed by atoms with Gasteiger partial charge in [0.25, 0.3) is 0 Å². The molecular formula is C10H13BrN2.